The van der Waals surface area contributed by atoms with E-state index in [4.69, 9.17) is 9.15 Å². The molecule has 1 heterocycles. The predicted molar refractivity (Wildman–Crippen MR) is 59.5 cm³/mol. The van der Waals surface area contributed by atoms with Gasteiger partial charge in [0, 0.05) is 5.25 Å². The van der Waals surface area contributed by atoms with E-state index in [9.17, 15) is 9.90 Å². The van der Waals surface area contributed by atoms with Crippen LogP contribution in [0.1, 0.15) is 31.3 Å². The average Bonchev–Trinajstić information content (AvgIpc) is 2.66. The van der Waals surface area contributed by atoms with Gasteiger partial charge in [-0.15, -0.1) is 0 Å². The quantitative estimate of drug-likeness (QED) is 0.629. The van der Waals surface area contributed by atoms with E-state index in [0.29, 0.717) is 11.8 Å². The number of aliphatic hydroxyl groups is 1. The van der Waals surface area contributed by atoms with Crippen molar-refractivity contribution in [2.45, 2.75) is 37.3 Å². The van der Waals surface area contributed by atoms with Gasteiger partial charge in [-0.1, -0.05) is 18.7 Å². The third-order valence-electron chi connectivity index (χ3n) is 1.93. The van der Waals surface area contributed by atoms with Crippen LogP contribution in [0.3, 0.4) is 0 Å². The summed E-state index contributed by atoms with van der Waals surface area (Å²) < 4.78 is 9.87. The summed E-state index contributed by atoms with van der Waals surface area (Å²) in [5, 5.41) is 9.61. The molecule has 16 heavy (non-hydrogen) atoms. The molecule has 1 aromatic heterocycles. The van der Waals surface area contributed by atoms with Crippen molar-refractivity contribution in [2.75, 3.05) is 6.61 Å². The van der Waals surface area contributed by atoms with Gasteiger partial charge in [-0.05, 0) is 13.8 Å². The minimum atomic E-state index is -0.497. The van der Waals surface area contributed by atoms with E-state index in [1.54, 1.807) is 13.8 Å². The van der Waals surface area contributed by atoms with Gasteiger partial charge < -0.3 is 14.3 Å². The third kappa shape index (κ3) is 3.53. The van der Waals surface area contributed by atoms with Crippen molar-refractivity contribution in [3.05, 3.63) is 12.0 Å². The lowest BCUT2D eigenvalue weighted by atomic mass is 10.3. The molecule has 0 radical (unpaired) electrons. The molecule has 0 saturated carbocycles. The Morgan fingerprint density at radius 2 is 2.38 bits per heavy atom. The van der Waals surface area contributed by atoms with Crippen molar-refractivity contribution in [1.82, 2.24) is 4.98 Å². The fourth-order valence-electron chi connectivity index (χ4n) is 0.868. The smallest absolute Gasteiger partial charge is 0.360 e. The molecule has 1 N–H and O–H groups in total. The number of aromatic nitrogens is 1. The van der Waals surface area contributed by atoms with E-state index >= 15 is 0 Å². The normalized spacial score (nSPS) is 14.5. The number of carbonyl (C=O) groups is 1. The summed E-state index contributed by atoms with van der Waals surface area (Å²) in [6.07, 6.45) is 0.790. The van der Waals surface area contributed by atoms with Crippen molar-refractivity contribution in [3.8, 4) is 0 Å². The summed E-state index contributed by atoms with van der Waals surface area (Å²) in [5.41, 5.74) is 0.155. The Hall–Kier alpha value is -1.01. The van der Waals surface area contributed by atoms with Crippen LogP contribution in [0, 0.1) is 0 Å². The molecule has 5 nitrogen and oxygen atoms in total. The number of rotatable bonds is 5. The molecule has 0 aromatic carbocycles. The fourth-order valence-corrected chi connectivity index (χ4v) is 1.64. The maximum absolute atomic E-state index is 11.3. The SMILES string of the molecule is CCOC(=O)c1coc(SC(C)C(C)O)n1. The largest absolute Gasteiger partial charge is 0.461 e. The first-order chi connectivity index (χ1) is 7.54. The number of nitrogens with zero attached hydrogens (tertiary/aromatic N) is 1. The lowest BCUT2D eigenvalue weighted by Crippen LogP contribution is -2.14. The second kappa shape index (κ2) is 5.91. The van der Waals surface area contributed by atoms with E-state index in [-0.39, 0.29) is 10.9 Å². The zero-order valence-corrected chi connectivity index (χ0v) is 10.3. The molecule has 0 amide bonds. The summed E-state index contributed by atoms with van der Waals surface area (Å²) in [7, 11) is 0. The van der Waals surface area contributed by atoms with Gasteiger partial charge in [0.25, 0.3) is 5.22 Å². The summed E-state index contributed by atoms with van der Waals surface area (Å²) in [4.78, 5) is 15.2. The highest BCUT2D eigenvalue weighted by atomic mass is 32.2. The highest BCUT2D eigenvalue weighted by molar-refractivity contribution is 7.99. The molecule has 0 saturated heterocycles. The first kappa shape index (κ1) is 13.1. The van der Waals surface area contributed by atoms with Gasteiger partial charge in [-0.25, -0.2) is 4.79 Å². The third-order valence-corrected chi connectivity index (χ3v) is 3.09. The molecule has 1 aromatic rings. The number of hydrogen-bond acceptors (Lipinski definition) is 6. The van der Waals surface area contributed by atoms with Gasteiger partial charge in [0.2, 0.25) is 0 Å². The van der Waals surface area contributed by atoms with Crippen LogP contribution in [0.2, 0.25) is 0 Å². The first-order valence-corrected chi connectivity index (χ1v) is 5.90. The van der Waals surface area contributed by atoms with Gasteiger partial charge in [0.15, 0.2) is 5.69 Å². The zero-order valence-electron chi connectivity index (χ0n) is 9.47. The molecule has 1 rings (SSSR count). The monoisotopic (exact) mass is 245 g/mol. The van der Waals surface area contributed by atoms with Gasteiger partial charge in [-0.3, -0.25) is 0 Å². The van der Waals surface area contributed by atoms with Crippen LogP contribution >= 0.6 is 11.8 Å². The van der Waals surface area contributed by atoms with Crippen LogP contribution in [-0.2, 0) is 4.74 Å². The number of esters is 1. The molecule has 2 atom stereocenters. The number of ether oxygens (including phenoxy) is 1. The van der Waals surface area contributed by atoms with Crippen LogP contribution in [-0.4, -0.2) is 34.0 Å². The second-order valence-corrected chi connectivity index (χ2v) is 4.61. The number of hydrogen-bond donors (Lipinski definition) is 1. The van der Waals surface area contributed by atoms with Crippen molar-refractivity contribution < 1.29 is 19.1 Å². The lowest BCUT2D eigenvalue weighted by molar-refractivity contribution is 0.0519. The number of aliphatic hydroxyl groups excluding tert-OH is 1. The summed E-state index contributed by atoms with van der Waals surface area (Å²) in [6.45, 7) is 5.57. The van der Waals surface area contributed by atoms with Crippen molar-refractivity contribution in [2.24, 2.45) is 0 Å². The molecule has 0 spiro atoms. The van der Waals surface area contributed by atoms with Crippen molar-refractivity contribution in [1.29, 1.82) is 0 Å². The molecule has 0 aliphatic heterocycles. The zero-order chi connectivity index (χ0) is 12.1. The minimum Gasteiger partial charge on any atom is -0.461 e. The Labute approximate surface area is 98.2 Å². The Morgan fingerprint density at radius 3 is 2.94 bits per heavy atom. The molecule has 90 valence electrons. The molecule has 2 unspecified atom stereocenters. The first-order valence-electron chi connectivity index (χ1n) is 5.02. The van der Waals surface area contributed by atoms with E-state index in [1.807, 2.05) is 6.92 Å². The topological polar surface area (TPSA) is 72.6 Å². The summed E-state index contributed by atoms with van der Waals surface area (Å²) >= 11 is 1.27. The number of thioether (sulfide) groups is 1. The Kier molecular flexibility index (Phi) is 4.82. The highest BCUT2D eigenvalue weighted by Gasteiger charge is 2.17. The van der Waals surface area contributed by atoms with Crippen LogP contribution in [0.4, 0.5) is 0 Å². The molecule has 6 heteroatoms. The van der Waals surface area contributed by atoms with Gasteiger partial charge in [0.05, 0.1) is 12.7 Å². The van der Waals surface area contributed by atoms with Crippen LogP contribution in [0.25, 0.3) is 0 Å². The molecule has 0 aliphatic carbocycles. The summed E-state index contributed by atoms with van der Waals surface area (Å²) in [5.74, 6) is -0.497. The van der Waals surface area contributed by atoms with E-state index in [0.717, 1.165) is 0 Å². The number of carbonyl (C=O) groups excluding carboxylic acids is 1. The standard InChI is InChI=1S/C10H15NO4S/c1-4-14-9(13)8-5-15-10(11-8)16-7(3)6(2)12/h5-7,12H,4H2,1-3H3. The Bertz CT molecular complexity index is 350. The lowest BCUT2D eigenvalue weighted by Gasteiger charge is -2.10. The highest BCUT2D eigenvalue weighted by Crippen LogP contribution is 2.24. The van der Waals surface area contributed by atoms with Crippen LogP contribution in [0.5, 0.6) is 0 Å². The molecule has 0 aliphatic rings. The van der Waals surface area contributed by atoms with E-state index < -0.39 is 12.1 Å². The minimum absolute atomic E-state index is 0.0475. The van der Waals surface area contributed by atoms with E-state index in [2.05, 4.69) is 4.98 Å². The Balaban J connectivity index is 2.61. The molecule has 0 bridgehead atoms. The average molecular weight is 245 g/mol. The fraction of sp³-hybridized carbons (Fsp3) is 0.600. The second-order valence-electron chi connectivity index (χ2n) is 3.28. The Morgan fingerprint density at radius 1 is 1.69 bits per heavy atom. The molecular formula is C10H15NO4S. The molecule has 0 fully saturated rings. The van der Waals surface area contributed by atoms with Crippen molar-refractivity contribution in [3.63, 3.8) is 0 Å². The van der Waals surface area contributed by atoms with Gasteiger partial charge >= 0.3 is 5.97 Å². The van der Waals surface area contributed by atoms with E-state index in [1.165, 1.54) is 18.0 Å². The summed E-state index contributed by atoms with van der Waals surface area (Å²) in [6, 6.07) is 0. The van der Waals surface area contributed by atoms with Crippen molar-refractivity contribution >= 4 is 17.7 Å². The number of oxazole rings is 1. The van der Waals surface area contributed by atoms with Crippen LogP contribution < -0.4 is 0 Å². The molecular weight excluding hydrogens is 230 g/mol. The maximum Gasteiger partial charge on any atom is 0.360 e. The maximum atomic E-state index is 11.3. The van der Waals surface area contributed by atoms with Gasteiger partial charge in [0.1, 0.15) is 6.26 Å². The predicted octanol–water partition coefficient (Wildman–Crippen LogP) is 1.71. The van der Waals surface area contributed by atoms with Crippen LogP contribution in [0.15, 0.2) is 15.9 Å². The van der Waals surface area contributed by atoms with Gasteiger partial charge in [-0.2, -0.15) is 4.98 Å².